The standard InChI is InChI=1S/C13H18ClF3N2O/c1-12(2,4-3-5-20)8-18-11-7-9(13(15,16)17)6-10(14)19-11/h6-7,20H,3-5,8H2,1-2H3,(H,18,19). The predicted octanol–water partition coefficient (Wildman–Crippen LogP) is 3.96. The van der Waals surface area contributed by atoms with Crippen molar-refractivity contribution in [1.82, 2.24) is 4.98 Å². The maximum absolute atomic E-state index is 12.6. The lowest BCUT2D eigenvalue weighted by Crippen LogP contribution is -2.24. The highest BCUT2D eigenvalue weighted by Gasteiger charge is 2.31. The summed E-state index contributed by atoms with van der Waals surface area (Å²) in [6.07, 6.45) is -3.05. The van der Waals surface area contributed by atoms with E-state index in [9.17, 15) is 13.2 Å². The fourth-order valence-corrected chi connectivity index (χ4v) is 1.94. The molecule has 0 unspecified atom stereocenters. The molecule has 0 saturated heterocycles. The number of rotatable bonds is 6. The first-order chi connectivity index (χ1) is 9.14. The SMILES string of the molecule is CC(C)(CCCO)CNc1cc(C(F)(F)F)cc(Cl)n1. The van der Waals surface area contributed by atoms with Gasteiger partial charge in [-0.15, -0.1) is 0 Å². The smallest absolute Gasteiger partial charge is 0.396 e. The van der Waals surface area contributed by atoms with E-state index >= 15 is 0 Å². The summed E-state index contributed by atoms with van der Waals surface area (Å²) in [5.41, 5.74) is -0.987. The Morgan fingerprint density at radius 3 is 2.50 bits per heavy atom. The molecular weight excluding hydrogens is 293 g/mol. The van der Waals surface area contributed by atoms with Gasteiger partial charge in [0.1, 0.15) is 11.0 Å². The van der Waals surface area contributed by atoms with Gasteiger partial charge in [0.15, 0.2) is 0 Å². The van der Waals surface area contributed by atoms with Crippen LogP contribution in [0.3, 0.4) is 0 Å². The molecule has 0 aromatic carbocycles. The highest BCUT2D eigenvalue weighted by molar-refractivity contribution is 6.29. The van der Waals surface area contributed by atoms with E-state index in [4.69, 9.17) is 16.7 Å². The zero-order valence-corrected chi connectivity index (χ0v) is 12.1. The van der Waals surface area contributed by atoms with Gasteiger partial charge in [0.2, 0.25) is 0 Å². The molecule has 20 heavy (non-hydrogen) atoms. The first kappa shape index (κ1) is 17.0. The molecule has 0 spiro atoms. The summed E-state index contributed by atoms with van der Waals surface area (Å²) in [5.74, 6) is 0.0990. The van der Waals surface area contributed by atoms with E-state index in [1.54, 1.807) is 0 Å². The van der Waals surface area contributed by atoms with Gasteiger partial charge in [-0.3, -0.25) is 0 Å². The van der Waals surface area contributed by atoms with Crippen molar-refractivity contribution in [2.75, 3.05) is 18.5 Å². The predicted molar refractivity (Wildman–Crippen MR) is 72.8 cm³/mol. The molecule has 0 bridgehead atoms. The topological polar surface area (TPSA) is 45.1 Å². The quantitative estimate of drug-likeness (QED) is 0.782. The molecular formula is C13H18ClF3N2O. The van der Waals surface area contributed by atoms with Crippen molar-refractivity contribution in [2.45, 2.75) is 32.9 Å². The number of hydrogen-bond acceptors (Lipinski definition) is 3. The maximum atomic E-state index is 12.6. The number of aromatic nitrogens is 1. The molecule has 0 atom stereocenters. The van der Waals surface area contributed by atoms with E-state index in [2.05, 4.69) is 10.3 Å². The van der Waals surface area contributed by atoms with Gasteiger partial charge in [0.25, 0.3) is 0 Å². The summed E-state index contributed by atoms with van der Waals surface area (Å²) >= 11 is 5.61. The highest BCUT2D eigenvalue weighted by Crippen LogP contribution is 2.32. The lowest BCUT2D eigenvalue weighted by Gasteiger charge is -2.25. The van der Waals surface area contributed by atoms with Crippen molar-refractivity contribution in [3.05, 3.63) is 22.8 Å². The first-order valence-electron chi connectivity index (χ1n) is 6.23. The number of anilines is 1. The molecule has 0 saturated carbocycles. The Hall–Kier alpha value is -1.01. The molecule has 2 N–H and O–H groups in total. The molecule has 1 aromatic rings. The van der Waals surface area contributed by atoms with Gasteiger partial charge in [-0.2, -0.15) is 13.2 Å². The van der Waals surface area contributed by atoms with Crippen LogP contribution in [0.2, 0.25) is 5.15 Å². The minimum atomic E-state index is -4.45. The largest absolute Gasteiger partial charge is 0.416 e. The van der Waals surface area contributed by atoms with Crippen LogP contribution in [-0.4, -0.2) is 23.2 Å². The summed E-state index contributed by atoms with van der Waals surface area (Å²) in [6, 6.07) is 1.73. The third-order valence-electron chi connectivity index (χ3n) is 2.88. The normalized spacial score (nSPS) is 12.6. The van der Waals surface area contributed by atoms with Crippen molar-refractivity contribution in [1.29, 1.82) is 0 Å². The lowest BCUT2D eigenvalue weighted by atomic mass is 9.88. The Bertz CT molecular complexity index is 450. The molecule has 0 aliphatic rings. The summed E-state index contributed by atoms with van der Waals surface area (Å²) in [4.78, 5) is 3.84. The van der Waals surface area contributed by atoms with E-state index in [0.29, 0.717) is 13.0 Å². The summed E-state index contributed by atoms with van der Waals surface area (Å²) in [6.45, 7) is 4.46. The molecule has 1 rings (SSSR count). The maximum Gasteiger partial charge on any atom is 0.416 e. The van der Waals surface area contributed by atoms with Gasteiger partial charge in [0, 0.05) is 13.2 Å². The van der Waals surface area contributed by atoms with Crippen LogP contribution in [0.5, 0.6) is 0 Å². The van der Waals surface area contributed by atoms with Crippen molar-refractivity contribution >= 4 is 17.4 Å². The minimum Gasteiger partial charge on any atom is -0.396 e. The van der Waals surface area contributed by atoms with E-state index in [1.165, 1.54) is 0 Å². The van der Waals surface area contributed by atoms with Gasteiger partial charge in [-0.25, -0.2) is 4.98 Å². The van der Waals surface area contributed by atoms with E-state index in [-0.39, 0.29) is 23.0 Å². The van der Waals surface area contributed by atoms with Gasteiger partial charge in [0.05, 0.1) is 5.56 Å². The van der Waals surface area contributed by atoms with Gasteiger partial charge in [-0.1, -0.05) is 25.4 Å². The monoisotopic (exact) mass is 310 g/mol. The Kier molecular flexibility index (Phi) is 5.65. The highest BCUT2D eigenvalue weighted by atomic mass is 35.5. The average Bonchev–Trinajstić information content (AvgIpc) is 2.32. The number of nitrogens with zero attached hydrogens (tertiary/aromatic N) is 1. The van der Waals surface area contributed by atoms with Crippen LogP contribution < -0.4 is 5.32 Å². The number of aliphatic hydroxyl groups excluding tert-OH is 1. The van der Waals surface area contributed by atoms with Gasteiger partial charge >= 0.3 is 6.18 Å². The molecule has 1 heterocycles. The van der Waals surface area contributed by atoms with Crippen molar-refractivity contribution < 1.29 is 18.3 Å². The van der Waals surface area contributed by atoms with Crippen LogP contribution in [-0.2, 0) is 6.18 Å². The number of hydrogen-bond donors (Lipinski definition) is 2. The number of alkyl halides is 3. The Labute approximate surface area is 121 Å². The van der Waals surface area contributed by atoms with Crippen LogP contribution in [0.15, 0.2) is 12.1 Å². The molecule has 0 amide bonds. The second-order valence-electron chi connectivity index (χ2n) is 5.41. The molecule has 0 radical (unpaired) electrons. The molecule has 0 aliphatic heterocycles. The Morgan fingerprint density at radius 2 is 1.95 bits per heavy atom. The Balaban J connectivity index is 2.76. The zero-order chi connectivity index (χ0) is 15.4. The molecule has 3 nitrogen and oxygen atoms in total. The van der Waals surface area contributed by atoms with Crippen LogP contribution in [0.1, 0.15) is 32.3 Å². The van der Waals surface area contributed by atoms with Crippen LogP contribution in [0, 0.1) is 5.41 Å². The van der Waals surface area contributed by atoms with E-state index in [1.807, 2.05) is 13.8 Å². The number of pyridine rings is 1. The molecule has 1 aromatic heterocycles. The van der Waals surface area contributed by atoms with Gasteiger partial charge in [-0.05, 0) is 30.4 Å². The third kappa shape index (κ3) is 5.54. The van der Waals surface area contributed by atoms with Crippen LogP contribution in [0.25, 0.3) is 0 Å². The molecule has 0 aliphatic carbocycles. The zero-order valence-electron chi connectivity index (χ0n) is 11.4. The fraction of sp³-hybridized carbons (Fsp3) is 0.615. The van der Waals surface area contributed by atoms with E-state index in [0.717, 1.165) is 18.6 Å². The minimum absolute atomic E-state index is 0.0943. The van der Waals surface area contributed by atoms with Crippen LogP contribution >= 0.6 is 11.6 Å². The number of halogens is 4. The Morgan fingerprint density at radius 1 is 1.30 bits per heavy atom. The third-order valence-corrected chi connectivity index (χ3v) is 3.07. The summed E-state index contributed by atoms with van der Waals surface area (Å²) in [5, 5.41) is 11.5. The van der Waals surface area contributed by atoms with Gasteiger partial charge < -0.3 is 10.4 Å². The molecule has 7 heteroatoms. The number of aliphatic hydroxyl groups is 1. The lowest BCUT2D eigenvalue weighted by molar-refractivity contribution is -0.137. The fourth-order valence-electron chi connectivity index (χ4n) is 1.73. The second kappa shape index (κ2) is 6.63. The molecule has 0 fully saturated rings. The van der Waals surface area contributed by atoms with Crippen molar-refractivity contribution in [3.8, 4) is 0 Å². The second-order valence-corrected chi connectivity index (χ2v) is 5.79. The van der Waals surface area contributed by atoms with E-state index < -0.39 is 11.7 Å². The van der Waals surface area contributed by atoms with Crippen LogP contribution in [0.4, 0.5) is 19.0 Å². The van der Waals surface area contributed by atoms with Crippen molar-refractivity contribution in [2.24, 2.45) is 5.41 Å². The summed E-state index contributed by atoms with van der Waals surface area (Å²) in [7, 11) is 0. The molecule has 114 valence electrons. The average molecular weight is 311 g/mol. The van der Waals surface area contributed by atoms with Crippen molar-refractivity contribution in [3.63, 3.8) is 0 Å². The summed E-state index contributed by atoms with van der Waals surface area (Å²) < 4.78 is 37.9. The number of nitrogens with one attached hydrogen (secondary N) is 1. The first-order valence-corrected chi connectivity index (χ1v) is 6.61.